The average Bonchev–Trinajstić information content (AvgIpc) is 2.30. The third-order valence-electron chi connectivity index (χ3n) is 2.89. The normalized spacial score (nSPS) is 12.7. The summed E-state index contributed by atoms with van der Waals surface area (Å²) in [6, 6.07) is 8.28. The van der Waals surface area contributed by atoms with Gasteiger partial charge >= 0.3 is 0 Å². The van der Waals surface area contributed by atoms with Gasteiger partial charge in [0.2, 0.25) is 0 Å². The van der Waals surface area contributed by atoms with Gasteiger partial charge in [-0.2, -0.15) is 0 Å². The van der Waals surface area contributed by atoms with E-state index in [0.29, 0.717) is 6.61 Å². The quantitative estimate of drug-likeness (QED) is 0.899. The van der Waals surface area contributed by atoms with E-state index in [4.69, 9.17) is 10.5 Å². The minimum Gasteiger partial charge on any atom is -0.492 e. The maximum absolute atomic E-state index is 5.84. The van der Waals surface area contributed by atoms with Crippen LogP contribution in [0.3, 0.4) is 0 Å². The largest absolute Gasteiger partial charge is 0.492 e. The van der Waals surface area contributed by atoms with Crippen molar-refractivity contribution >= 4 is 10.9 Å². The minimum atomic E-state index is 0.119. The monoisotopic (exact) mass is 244 g/mol. The highest BCUT2D eigenvalue weighted by atomic mass is 16.5. The lowest BCUT2D eigenvalue weighted by molar-refractivity contribution is 0.343. The molecule has 2 aromatic rings. The Balaban J connectivity index is 2.56. The number of ether oxygens (including phenoxy) is 1. The number of hydrogen-bond donors (Lipinski definition) is 1. The molecule has 0 saturated heterocycles. The molecule has 3 nitrogen and oxygen atoms in total. The Morgan fingerprint density at radius 3 is 2.83 bits per heavy atom. The van der Waals surface area contributed by atoms with Gasteiger partial charge in [0.15, 0.2) is 0 Å². The van der Waals surface area contributed by atoms with Crippen LogP contribution in [-0.2, 0) is 6.42 Å². The third kappa shape index (κ3) is 2.62. The van der Waals surface area contributed by atoms with Gasteiger partial charge in [0.25, 0.3) is 0 Å². The van der Waals surface area contributed by atoms with Crippen molar-refractivity contribution in [2.24, 2.45) is 5.73 Å². The maximum Gasteiger partial charge on any atom is 0.145 e. The fraction of sp³-hybridized carbons (Fsp3) is 0.400. The van der Waals surface area contributed by atoms with Crippen LogP contribution in [0.25, 0.3) is 10.9 Å². The summed E-state index contributed by atoms with van der Waals surface area (Å²) in [6.45, 7) is 6.73. The lowest BCUT2D eigenvalue weighted by atomic mass is 10.1. The second kappa shape index (κ2) is 5.36. The summed E-state index contributed by atoms with van der Waals surface area (Å²) < 4.78 is 5.64. The second-order valence-electron chi connectivity index (χ2n) is 4.70. The first-order valence-corrected chi connectivity index (χ1v) is 6.39. The number of rotatable bonds is 4. The van der Waals surface area contributed by atoms with E-state index in [9.17, 15) is 0 Å². The Hall–Kier alpha value is -1.61. The molecule has 18 heavy (non-hydrogen) atoms. The number of hydrogen-bond acceptors (Lipinski definition) is 3. The molecule has 0 saturated carbocycles. The SMILES string of the molecule is CCOc1cccc2c(C)cc(CC(C)N)nc12. The number of nitrogens with zero attached hydrogens (tertiary/aromatic N) is 1. The van der Waals surface area contributed by atoms with Crippen LogP contribution in [0.4, 0.5) is 0 Å². The number of nitrogens with two attached hydrogens (primary N) is 1. The number of pyridine rings is 1. The van der Waals surface area contributed by atoms with E-state index in [1.807, 2.05) is 26.0 Å². The molecule has 0 amide bonds. The van der Waals surface area contributed by atoms with Crippen LogP contribution in [0, 0.1) is 6.92 Å². The first kappa shape index (κ1) is 12.8. The second-order valence-corrected chi connectivity index (χ2v) is 4.70. The number of benzene rings is 1. The molecule has 1 unspecified atom stereocenters. The number of fused-ring (bicyclic) bond motifs is 1. The van der Waals surface area contributed by atoms with Gasteiger partial charge in [-0.3, -0.25) is 0 Å². The van der Waals surface area contributed by atoms with Crippen molar-refractivity contribution in [1.29, 1.82) is 0 Å². The summed E-state index contributed by atoms with van der Waals surface area (Å²) in [5.74, 6) is 0.852. The first-order valence-electron chi connectivity index (χ1n) is 6.39. The molecule has 1 aromatic carbocycles. The standard InChI is InChI=1S/C15H20N2O/c1-4-18-14-7-5-6-13-10(2)8-12(9-11(3)16)17-15(13)14/h5-8,11H,4,9,16H2,1-3H3. The fourth-order valence-corrected chi connectivity index (χ4v) is 2.17. The average molecular weight is 244 g/mol. The van der Waals surface area contributed by atoms with Gasteiger partial charge in [0, 0.05) is 23.5 Å². The van der Waals surface area contributed by atoms with E-state index in [0.717, 1.165) is 28.8 Å². The molecule has 3 heteroatoms. The van der Waals surface area contributed by atoms with Crippen molar-refractivity contribution in [3.05, 3.63) is 35.5 Å². The molecule has 1 atom stereocenters. The molecule has 0 spiro atoms. The zero-order valence-electron chi connectivity index (χ0n) is 11.2. The van der Waals surface area contributed by atoms with Crippen molar-refractivity contribution < 1.29 is 4.74 Å². The molecule has 2 N–H and O–H groups in total. The molecule has 0 aliphatic carbocycles. The Morgan fingerprint density at radius 1 is 1.39 bits per heavy atom. The van der Waals surface area contributed by atoms with Gasteiger partial charge in [-0.25, -0.2) is 4.98 Å². The van der Waals surface area contributed by atoms with Gasteiger partial charge in [0.1, 0.15) is 11.3 Å². The molecule has 0 aliphatic heterocycles. The Morgan fingerprint density at radius 2 is 2.17 bits per heavy atom. The topological polar surface area (TPSA) is 48.1 Å². The van der Waals surface area contributed by atoms with E-state index in [1.54, 1.807) is 0 Å². The van der Waals surface area contributed by atoms with Crippen LogP contribution in [0.15, 0.2) is 24.3 Å². The van der Waals surface area contributed by atoms with E-state index in [1.165, 1.54) is 5.56 Å². The Labute approximate surface area is 108 Å². The third-order valence-corrected chi connectivity index (χ3v) is 2.89. The first-order chi connectivity index (χ1) is 8.61. The summed E-state index contributed by atoms with van der Waals surface area (Å²) in [4.78, 5) is 4.69. The molecule has 96 valence electrons. The van der Waals surface area contributed by atoms with Gasteiger partial charge < -0.3 is 10.5 Å². The van der Waals surface area contributed by atoms with Crippen molar-refractivity contribution in [1.82, 2.24) is 4.98 Å². The highest BCUT2D eigenvalue weighted by Crippen LogP contribution is 2.27. The van der Waals surface area contributed by atoms with Gasteiger partial charge in [-0.05, 0) is 38.5 Å². The van der Waals surface area contributed by atoms with Crippen LogP contribution in [0.1, 0.15) is 25.1 Å². The molecule has 0 radical (unpaired) electrons. The number of para-hydroxylation sites is 1. The summed E-state index contributed by atoms with van der Waals surface area (Å²) in [6.07, 6.45) is 0.789. The minimum absolute atomic E-state index is 0.119. The molecular formula is C15H20N2O. The maximum atomic E-state index is 5.84. The predicted octanol–water partition coefficient (Wildman–Crippen LogP) is 2.83. The van der Waals surface area contributed by atoms with E-state index in [-0.39, 0.29) is 6.04 Å². The molecule has 2 rings (SSSR count). The Kier molecular flexibility index (Phi) is 3.82. The molecule has 0 fully saturated rings. The van der Waals surface area contributed by atoms with Gasteiger partial charge in [-0.15, -0.1) is 0 Å². The van der Waals surface area contributed by atoms with Crippen molar-refractivity contribution in [2.75, 3.05) is 6.61 Å². The Bertz CT molecular complexity index is 549. The number of aromatic nitrogens is 1. The van der Waals surface area contributed by atoms with Crippen molar-refractivity contribution in [3.8, 4) is 5.75 Å². The molecule has 0 bridgehead atoms. The van der Waals surface area contributed by atoms with Crippen LogP contribution < -0.4 is 10.5 Å². The number of aryl methyl sites for hydroxylation is 1. The highest BCUT2D eigenvalue weighted by molar-refractivity contribution is 5.87. The van der Waals surface area contributed by atoms with Crippen molar-refractivity contribution in [3.63, 3.8) is 0 Å². The van der Waals surface area contributed by atoms with Crippen LogP contribution in [-0.4, -0.2) is 17.6 Å². The molecule has 0 aliphatic rings. The lowest BCUT2D eigenvalue weighted by Crippen LogP contribution is -2.18. The van der Waals surface area contributed by atoms with E-state index < -0.39 is 0 Å². The lowest BCUT2D eigenvalue weighted by Gasteiger charge is -2.11. The van der Waals surface area contributed by atoms with E-state index >= 15 is 0 Å². The smallest absolute Gasteiger partial charge is 0.145 e. The highest BCUT2D eigenvalue weighted by Gasteiger charge is 2.08. The molecule has 1 heterocycles. The van der Waals surface area contributed by atoms with Crippen LogP contribution in [0.5, 0.6) is 5.75 Å². The van der Waals surface area contributed by atoms with Gasteiger partial charge in [0.05, 0.1) is 6.61 Å². The predicted molar refractivity (Wildman–Crippen MR) is 75.0 cm³/mol. The summed E-state index contributed by atoms with van der Waals surface area (Å²) in [5.41, 5.74) is 9.03. The summed E-state index contributed by atoms with van der Waals surface area (Å²) in [7, 11) is 0. The zero-order valence-corrected chi connectivity index (χ0v) is 11.2. The zero-order chi connectivity index (χ0) is 13.1. The summed E-state index contributed by atoms with van der Waals surface area (Å²) in [5, 5.41) is 1.15. The molecule has 1 aromatic heterocycles. The van der Waals surface area contributed by atoms with Crippen LogP contribution in [0.2, 0.25) is 0 Å². The fourth-order valence-electron chi connectivity index (χ4n) is 2.17. The van der Waals surface area contributed by atoms with Crippen LogP contribution >= 0.6 is 0 Å². The van der Waals surface area contributed by atoms with E-state index in [2.05, 4.69) is 24.0 Å². The van der Waals surface area contributed by atoms with Crippen molar-refractivity contribution in [2.45, 2.75) is 33.2 Å². The summed E-state index contributed by atoms with van der Waals surface area (Å²) >= 11 is 0. The van der Waals surface area contributed by atoms with Gasteiger partial charge in [-0.1, -0.05) is 12.1 Å². The molecular weight excluding hydrogens is 224 g/mol.